The minimum atomic E-state index is -2.34. The van der Waals surface area contributed by atoms with Crippen molar-refractivity contribution in [2.45, 2.75) is 181 Å². The first-order valence-electron chi connectivity index (χ1n) is 19.2. The van der Waals surface area contributed by atoms with Crippen molar-refractivity contribution >= 4 is 25.0 Å². The molecule has 6 heteroatoms. The lowest BCUT2D eigenvalue weighted by Crippen LogP contribution is -2.46. The van der Waals surface area contributed by atoms with Gasteiger partial charge >= 0.3 is 0 Å². The van der Waals surface area contributed by atoms with Gasteiger partial charge in [-0.05, 0) is 140 Å². The molecule has 0 aromatic carbocycles. The molecule has 0 saturated heterocycles. The summed E-state index contributed by atoms with van der Waals surface area (Å²) in [7, 11) is -5.86. The smallest absolute Gasteiger partial charge is 0.192 e. The van der Waals surface area contributed by atoms with Gasteiger partial charge in [0, 0.05) is 6.61 Å². The second-order valence-corrected chi connectivity index (χ2v) is 32.9. The molecule has 0 aromatic rings. The van der Waals surface area contributed by atoms with Gasteiger partial charge in [0.1, 0.15) is 0 Å². The van der Waals surface area contributed by atoms with Crippen molar-refractivity contribution < 1.29 is 13.6 Å². The van der Waals surface area contributed by atoms with Gasteiger partial charge in [-0.1, -0.05) is 99.1 Å². The normalized spacial score (nSPS) is 31.1. The Balaban J connectivity index is 1.86. The Bertz CT molecular complexity index is 1050. The van der Waals surface area contributed by atoms with Crippen LogP contribution >= 0.6 is 0 Å². The fraction of sp³-hybridized carbons (Fsp3) is 0.850. The minimum Gasteiger partial charge on any atom is -0.432 e. The number of allylic oxidation sites excluding steroid dienone is 3. The van der Waals surface area contributed by atoms with Gasteiger partial charge in [-0.3, -0.25) is 0 Å². The zero-order chi connectivity index (χ0) is 34.9. The molecule has 3 fully saturated rings. The van der Waals surface area contributed by atoms with E-state index in [-0.39, 0.29) is 16.2 Å². The fourth-order valence-electron chi connectivity index (χ4n) is 8.94. The lowest BCUT2D eigenvalue weighted by atomic mass is 9.61. The molecule has 0 aromatic heterocycles. The van der Waals surface area contributed by atoms with Gasteiger partial charge in [0.25, 0.3) is 0 Å². The number of hydrogen-bond acceptors (Lipinski definition) is 3. The predicted octanol–water partition coefficient (Wildman–Crippen LogP) is 12.4. The summed E-state index contributed by atoms with van der Waals surface area (Å²) >= 11 is 0. The van der Waals surface area contributed by atoms with Gasteiger partial charge in [0.2, 0.25) is 0 Å². The standard InChI is InChI=1S/C40H76O3Si3/c1-16-46(17-2,18-3)42-29-30(4)35-23-24-36-33(20-19-25-40(35,36)11)22-21-32-26-34(28-39(9,10)44(12,13)41)31(5)37(27-32)43-45(14,15)38(6,7)8/h21-22,30,34-37,41H,5,16-20,23-29H2,1-4,6-15H3/b32-21+,33-22+/t30-,34-,35+,36-,37+,40+/m0/s1. The highest BCUT2D eigenvalue weighted by molar-refractivity contribution is 6.74. The Morgan fingerprint density at radius 3 is 2.13 bits per heavy atom. The first kappa shape index (κ1) is 40.2. The van der Waals surface area contributed by atoms with Crippen molar-refractivity contribution in [3.05, 3.63) is 35.5 Å². The van der Waals surface area contributed by atoms with E-state index in [1.165, 1.54) is 61.4 Å². The van der Waals surface area contributed by atoms with Crippen LogP contribution in [-0.4, -0.2) is 42.5 Å². The number of fused-ring (bicyclic) bond motifs is 1. The van der Waals surface area contributed by atoms with Gasteiger partial charge in [-0.15, -0.1) is 0 Å². The van der Waals surface area contributed by atoms with E-state index >= 15 is 0 Å². The van der Waals surface area contributed by atoms with Crippen molar-refractivity contribution in [3.8, 4) is 0 Å². The zero-order valence-electron chi connectivity index (χ0n) is 33.0. The molecule has 3 nitrogen and oxygen atoms in total. The summed E-state index contributed by atoms with van der Waals surface area (Å²) in [6, 6.07) is 3.73. The van der Waals surface area contributed by atoms with Crippen molar-refractivity contribution in [1.82, 2.24) is 0 Å². The van der Waals surface area contributed by atoms with Crippen LogP contribution in [0.25, 0.3) is 0 Å². The van der Waals surface area contributed by atoms with Crippen LogP contribution in [0.15, 0.2) is 35.5 Å². The van der Waals surface area contributed by atoms with Gasteiger partial charge < -0.3 is 13.6 Å². The SMILES string of the molecule is C=C1[C@H](CC(C)(C)[Si](C)(C)O)C/C(=C\C=C2/CCC[C@]3(C)[C@@H]([C@@H](C)CO[Si](CC)(CC)CC)CC[C@@H]23)C[C@H]1O[Si](C)(C)C(C)(C)C. The van der Waals surface area contributed by atoms with Crippen LogP contribution in [0, 0.1) is 29.1 Å². The summed E-state index contributed by atoms with van der Waals surface area (Å²) in [5.74, 6) is 2.43. The molecule has 46 heavy (non-hydrogen) atoms. The van der Waals surface area contributed by atoms with Crippen molar-refractivity contribution in [2.75, 3.05) is 6.61 Å². The minimum absolute atomic E-state index is 0.0712. The van der Waals surface area contributed by atoms with Gasteiger partial charge in [0.05, 0.1) is 6.10 Å². The van der Waals surface area contributed by atoms with Gasteiger partial charge in [-0.25, -0.2) is 0 Å². The fourth-order valence-corrected chi connectivity index (χ4v) is 13.7. The van der Waals surface area contributed by atoms with Crippen LogP contribution in [-0.2, 0) is 8.85 Å². The summed E-state index contributed by atoms with van der Waals surface area (Å²) < 4.78 is 14.0. The Hall–Kier alpha value is -0.249. The average Bonchev–Trinajstić information content (AvgIpc) is 3.31. The van der Waals surface area contributed by atoms with Crippen LogP contribution in [0.1, 0.15) is 121 Å². The third kappa shape index (κ3) is 8.72. The maximum absolute atomic E-state index is 11.2. The summed E-state index contributed by atoms with van der Waals surface area (Å²) in [6.45, 7) is 38.4. The van der Waals surface area contributed by atoms with E-state index in [1.807, 2.05) is 0 Å². The lowest BCUT2D eigenvalue weighted by molar-refractivity contribution is 0.0721. The van der Waals surface area contributed by atoms with E-state index in [2.05, 4.69) is 108 Å². The third-order valence-electron chi connectivity index (χ3n) is 14.4. The monoisotopic (exact) mass is 689 g/mol. The molecule has 1 N–H and O–H groups in total. The molecule has 0 aliphatic heterocycles. The molecule has 0 heterocycles. The van der Waals surface area contributed by atoms with E-state index < -0.39 is 25.0 Å². The van der Waals surface area contributed by atoms with Crippen molar-refractivity contribution in [3.63, 3.8) is 0 Å². The molecule has 6 atom stereocenters. The van der Waals surface area contributed by atoms with E-state index in [4.69, 9.17) is 15.4 Å². The maximum atomic E-state index is 11.2. The van der Waals surface area contributed by atoms with E-state index in [0.29, 0.717) is 23.2 Å². The quantitative estimate of drug-likeness (QED) is 0.155. The van der Waals surface area contributed by atoms with Gasteiger partial charge in [0.15, 0.2) is 25.0 Å². The molecule has 0 bridgehead atoms. The zero-order valence-corrected chi connectivity index (χ0v) is 36.0. The number of hydrogen-bond donors (Lipinski definition) is 1. The summed E-state index contributed by atoms with van der Waals surface area (Å²) in [5.41, 5.74) is 4.87. The molecular weight excluding hydrogens is 613 g/mol. The summed E-state index contributed by atoms with van der Waals surface area (Å²) in [6.07, 6.45) is 14.7. The molecule has 3 rings (SSSR count). The Kier molecular flexibility index (Phi) is 13.0. The first-order chi connectivity index (χ1) is 21.1. The lowest BCUT2D eigenvalue weighted by Gasteiger charge is -2.46. The molecule has 0 unspecified atom stereocenters. The molecule has 3 aliphatic carbocycles. The van der Waals surface area contributed by atoms with E-state index in [1.54, 1.807) is 5.57 Å². The van der Waals surface area contributed by atoms with Crippen molar-refractivity contribution in [1.29, 1.82) is 0 Å². The summed E-state index contributed by atoms with van der Waals surface area (Å²) in [4.78, 5) is 11.2. The molecular formula is C40H76O3Si3. The molecule has 3 saturated carbocycles. The molecule has 266 valence electrons. The maximum Gasteiger partial charge on any atom is 0.192 e. The van der Waals surface area contributed by atoms with Crippen LogP contribution in [0.2, 0.25) is 54.4 Å². The van der Waals surface area contributed by atoms with E-state index in [0.717, 1.165) is 31.8 Å². The topological polar surface area (TPSA) is 38.7 Å². The third-order valence-corrected chi connectivity index (χ3v) is 27.0. The van der Waals surface area contributed by atoms with E-state index in [9.17, 15) is 4.80 Å². The highest BCUT2D eigenvalue weighted by Gasteiger charge is 2.51. The first-order valence-corrected chi connectivity index (χ1v) is 27.6. The number of rotatable bonds is 13. The van der Waals surface area contributed by atoms with Gasteiger partial charge in [-0.2, -0.15) is 0 Å². The highest BCUT2D eigenvalue weighted by Crippen LogP contribution is 2.59. The molecule has 0 amide bonds. The van der Waals surface area contributed by atoms with Crippen LogP contribution in [0.3, 0.4) is 0 Å². The predicted molar refractivity (Wildman–Crippen MR) is 209 cm³/mol. The van der Waals surface area contributed by atoms with Crippen LogP contribution in [0.5, 0.6) is 0 Å². The Morgan fingerprint density at radius 2 is 1.59 bits per heavy atom. The highest BCUT2D eigenvalue weighted by atomic mass is 28.4. The van der Waals surface area contributed by atoms with Crippen LogP contribution < -0.4 is 0 Å². The second kappa shape index (κ2) is 14.9. The molecule has 0 radical (unpaired) electrons. The van der Waals surface area contributed by atoms with Crippen LogP contribution in [0.4, 0.5) is 0 Å². The van der Waals surface area contributed by atoms with Crippen molar-refractivity contribution in [2.24, 2.45) is 29.1 Å². The Labute approximate surface area is 289 Å². The Morgan fingerprint density at radius 1 is 0.978 bits per heavy atom. The molecule has 3 aliphatic rings. The molecule has 0 spiro atoms. The average molecular weight is 689 g/mol. The largest absolute Gasteiger partial charge is 0.432 e. The second-order valence-electron chi connectivity index (χ2n) is 18.9. The summed E-state index contributed by atoms with van der Waals surface area (Å²) in [5, 5.41) is 0.0768.